The molecule has 29 heavy (non-hydrogen) atoms. The smallest absolute Gasteiger partial charge is 0.321 e. The zero-order valence-electron chi connectivity index (χ0n) is 18.0. The van der Waals surface area contributed by atoms with Gasteiger partial charge >= 0.3 is 6.03 Å². The molecule has 1 unspecified atom stereocenters. The Morgan fingerprint density at radius 3 is 2.31 bits per heavy atom. The van der Waals surface area contributed by atoms with Crippen LogP contribution < -0.4 is 16.0 Å². The highest BCUT2D eigenvalue weighted by atomic mass is 32.1. The van der Waals surface area contributed by atoms with E-state index in [1.165, 1.54) is 10.4 Å². The van der Waals surface area contributed by atoms with Crippen LogP contribution in [0.25, 0.3) is 0 Å². The molecule has 2 aromatic rings. The molecule has 3 N–H and O–H groups in total. The van der Waals surface area contributed by atoms with Crippen LogP contribution in [0.3, 0.4) is 0 Å². The minimum atomic E-state index is -0.455. The van der Waals surface area contributed by atoms with Gasteiger partial charge in [0.05, 0.1) is 6.54 Å². The number of rotatable bonds is 8. The Labute approximate surface area is 178 Å². The third-order valence-corrected chi connectivity index (χ3v) is 5.71. The molecule has 3 amide bonds. The Morgan fingerprint density at radius 1 is 1.07 bits per heavy atom. The van der Waals surface area contributed by atoms with Crippen LogP contribution in [0.2, 0.25) is 0 Å². The van der Waals surface area contributed by atoms with Gasteiger partial charge in [-0.15, -0.1) is 11.3 Å². The molecule has 0 aliphatic heterocycles. The summed E-state index contributed by atoms with van der Waals surface area (Å²) in [5.41, 5.74) is 2.53. The lowest BCUT2D eigenvalue weighted by Gasteiger charge is -2.25. The first kappa shape index (κ1) is 23.1. The fraction of sp³-hybridized carbons (Fsp3) is 0.478. The molecule has 0 aliphatic carbocycles. The van der Waals surface area contributed by atoms with Crippen molar-refractivity contribution in [2.24, 2.45) is 5.92 Å². The Bertz CT molecular complexity index is 777. The Hall–Kier alpha value is -2.18. The van der Waals surface area contributed by atoms with Crippen LogP contribution in [0.15, 0.2) is 41.8 Å². The molecule has 0 bridgehead atoms. The topological polar surface area (TPSA) is 70.2 Å². The Morgan fingerprint density at radius 2 is 1.76 bits per heavy atom. The highest BCUT2D eigenvalue weighted by Gasteiger charge is 2.19. The van der Waals surface area contributed by atoms with Crippen LogP contribution >= 0.6 is 11.3 Å². The second kappa shape index (κ2) is 10.6. The summed E-state index contributed by atoms with van der Waals surface area (Å²) in [6.07, 6.45) is 0.761. The van der Waals surface area contributed by atoms with E-state index in [1.807, 2.05) is 17.5 Å². The van der Waals surface area contributed by atoms with Crippen molar-refractivity contribution in [2.45, 2.75) is 52.5 Å². The quantitative estimate of drug-likeness (QED) is 0.598. The van der Waals surface area contributed by atoms with E-state index in [1.54, 1.807) is 11.3 Å². The maximum atomic E-state index is 12.2. The van der Waals surface area contributed by atoms with E-state index in [2.05, 4.69) is 74.8 Å². The van der Waals surface area contributed by atoms with E-state index in [0.29, 0.717) is 12.5 Å². The van der Waals surface area contributed by atoms with E-state index >= 15 is 0 Å². The van der Waals surface area contributed by atoms with E-state index in [0.717, 1.165) is 12.0 Å². The summed E-state index contributed by atoms with van der Waals surface area (Å²) in [4.78, 5) is 25.3. The van der Waals surface area contributed by atoms with Gasteiger partial charge in [0.1, 0.15) is 0 Å². The maximum absolute atomic E-state index is 12.2. The van der Waals surface area contributed by atoms with Crippen LogP contribution in [-0.2, 0) is 16.6 Å². The molecule has 2 rings (SSSR count). The molecule has 5 nitrogen and oxygen atoms in total. The van der Waals surface area contributed by atoms with Crippen molar-refractivity contribution < 1.29 is 9.59 Å². The van der Waals surface area contributed by atoms with Crippen molar-refractivity contribution in [3.8, 4) is 0 Å². The minimum Gasteiger partial charge on any atom is -0.337 e. The number of thiophene rings is 1. The minimum absolute atomic E-state index is 0.0386. The van der Waals surface area contributed by atoms with Gasteiger partial charge in [-0.2, -0.15) is 0 Å². The van der Waals surface area contributed by atoms with E-state index in [4.69, 9.17) is 0 Å². The standard InChI is InChI=1S/C23H33N3O2S/c1-16(2)21(17-8-10-18(11-9-17)23(3,4)5)25-15-20(27)26-22(28)24-13-12-19-7-6-14-29-19/h6-11,14,16,21,25H,12-13,15H2,1-5H3,(H2,24,26,27,28). The summed E-state index contributed by atoms with van der Waals surface area (Å²) in [5, 5.41) is 10.4. The molecule has 158 valence electrons. The number of carbonyl (C=O) groups excluding carboxylic acids is 2. The van der Waals surface area contributed by atoms with Gasteiger partial charge in [0, 0.05) is 17.5 Å². The van der Waals surface area contributed by atoms with Crippen molar-refractivity contribution in [1.82, 2.24) is 16.0 Å². The summed E-state index contributed by atoms with van der Waals surface area (Å²) in [6.45, 7) is 11.4. The first-order valence-electron chi connectivity index (χ1n) is 10.1. The largest absolute Gasteiger partial charge is 0.337 e. The SMILES string of the molecule is CC(C)C(NCC(=O)NC(=O)NCCc1cccs1)c1ccc(C(C)(C)C)cc1. The first-order chi connectivity index (χ1) is 13.7. The molecule has 0 saturated carbocycles. The van der Waals surface area contributed by atoms with E-state index in [9.17, 15) is 9.59 Å². The molecular formula is C23H33N3O2S. The van der Waals surface area contributed by atoms with Gasteiger partial charge in [0.2, 0.25) is 5.91 Å². The van der Waals surface area contributed by atoms with Crippen LogP contribution in [0.5, 0.6) is 0 Å². The number of imide groups is 1. The molecule has 6 heteroatoms. The van der Waals surface area contributed by atoms with Crippen LogP contribution in [0.1, 0.15) is 56.7 Å². The van der Waals surface area contributed by atoms with Gasteiger partial charge in [-0.1, -0.05) is 65.0 Å². The fourth-order valence-corrected chi connectivity index (χ4v) is 3.81. The van der Waals surface area contributed by atoms with Gasteiger partial charge in [0.25, 0.3) is 0 Å². The van der Waals surface area contributed by atoms with Crippen molar-refractivity contribution in [3.05, 3.63) is 57.8 Å². The molecule has 1 atom stereocenters. The molecule has 0 saturated heterocycles. The molecule has 0 spiro atoms. The summed E-state index contributed by atoms with van der Waals surface area (Å²) >= 11 is 1.65. The third-order valence-electron chi connectivity index (χ3n) is 4.78. The van der Waals surface area contributed by atoms with Crippen molar-refractivity contribution in [2.75, 3.05) is 13.1 Å². The predicted molar refractivity (Wildman–Crippen MR) is 120 cm³/mol. The fourth-order valence-electron chi connectivity index (χ4n) is 3.10. The lowest BCUT2D eigenvalue weighted by molar-refractivity contribution is -0.119. The van der Waals surface area contributed by atoms with Gasteiger partial charge in [-0.3, -0.25) is 10.1 Å². The highest BCUT2D eigenvalue weighted by molar-refractivity contribution is 7.09. The van der Waals surface area contributed by atoms with Crippen molar-refractivity contribution >= 4 is 23.3 Å². The summed E-state index contributed by atoms with van der Waals surface area (Å²) < 4.78 is 0. The maximum Gasteiger partial charge on any atom is 0.321 e. The van der Waals surface area contributed by atoms with E-state index < -0.39 is 6.03 Å². The lowest BCUT2D eigenvalue weighted by Crippen LogP contribution is -2.44. The number of urea groups is 1. The van der Waals surface area contributed by atoms with Crippen LogP contribution in [0, 0.1) is 5.92 Å². The lowest BCUT2D eigenvalue weighted by atomic mass is 9.85. The van der Waals surface area contributed by atoms with Gasteiger partial charge in [-0.25, -0.2) is 4.79 Å². The molecule has 1 aromatic heterocycles. The monoisotopic (exact) mass is 415 g/mol. The molecule has 1 aromatic carbocycles. The molecule has 0 fully saturated rings. The Balaban J connectivity index is 1.81. The number of carbonyl (C=O) groups is 2. The second-order valence-electron chi connectivity index (χ2n) is 8.61. The second-order valence-corrected chi connectivity index (χ2v) is 9.64. The molecule has 1 heterocycles. The van der Waals surface area contributed by atoms with Gasteiger partial charge < -0.3 is 10.6 Å². The zero-order valence-corrected chi connectivity index (χ0v) is 18.9. The summed E-state index contributed by atoms with van der Waals surface area (Å²) in [5.74, 6) is -0.0292. The number of hydrogen-bond acceptors (Lipinski definition) is 4. The Kier molecular flexibility index (Phi) is 8.41. The normalized spacial score (nSPS) is 12.6. The number of nitrogens with one attached hydrogen (secondary N) is 3. The summed E-state index contributed by atoms with van der Waals surface area (Å²) in [7, 11) is 0. The predicted octanol–water partition coefficient (Wildman–Crippen LogP) is 4.40. The molecular weight excluding hydrogens is 382 g/mol. The zero-order chi connectivity index (χ0) is 21.4. The van der Waals surface area contributed by atoms with E-state index in [-0.39, 0.29) is 23.9 Å². The number of amides is 3. The highest BCUT2D eigenvalue weighted by Crippen LogP contribution is 2.26. The molecule has 0 radical (unpaired) electrons. The third kappa shape index (κ3) is 7.63. The van der Waals surface area contributed by atoms with Crippen molar-refractivity contribution in [1.29, 1.82) is 0 Å². The average molecular weight is 416 g/mol. The van der Waals surface area contributed by atoms with Crippen molar-refractivity contribution in [3.63, 3.8) is 0 Å². The first-order valence-corrected chi connectivity index (χ1v) is 11.0. The number of benzene rings is 1. The van der Waals surface area contributed by atoms with Crippen LogP contribution in [-0.4, -0.2) is 25.0 Å². The number of hydrogen-bond donors (Lipinski definition) is 3. The molecule has 0 aliphatic rings. The van der Waals surface area contributed by atoms with Gasteiger partial charge in [-0.05, 0) is 40.3 Å². The van der Waals surface area contributed by atoms with Gasteiger partial charge in [0.15, 0.2) is 0 Å². The summed E-state index contributed by atoms with van der Waals surface area (Å²) in [6, 6.07) is 12.1. The average Bonchev–Trinajstić information content (AvgIpc) is 3.14. The van der Waals surface area contributed by atoms with Crippen LogP contribution in [0.4, 0.5) is 4.79 Å².